The van der Waals surface area contributed by atoms with Crippen LogP contribution in [-0.4, -0.2) is 77.2 Å². The normalized spacial score (nSPS) is 15.6. The Bertz CT molecular complexity index is 1780. The number of ether oxygens (including phenoxy) is 2. The van der Waals surface area contributed by atoms with Gasteiger partial charge in [-0.3, -0.25) is 4.90 Å². The maximum Gasteiger partial charge on any atom is 0.416 e. The molecule has 0 aliphatic heterocycles. The second-order valence-corrected chi connectivity index (χ2v) is 12.6. The quantitative estimate of drug-likeness (QED) is 0.0627. The van der Waals surface area contributed by atoms with Crippen molar-refractivity contribution in [3.63, 3.8) is 0 Å². The number of thioether (sulfide) groups is 1. The van der Waals surface area contributed by atoms with Gasteiger partial charge in [0, 0.05) is 36.4 Å². The summed E-state index contributed by atoms with van der Waals surface area (Å²) in [5, 5.41) is 11.7. The van der Waals surface area contributed by atoms with Crippen molar-refractivity contribution in [2.45, 2.75) is 62.1 Å². The van der Waals surface area contributed by atoms with Crippen molar-refractivity contribution in [3.05, 3.63) is 95.4 Å². The Kier molecular flexibility index (Phi) is 11.4. The predicted octanol–water partition coefficient (Wildman–Crippen LogP) is 8.22. The number of hydrogen-bond donors (Lipinski definition) is 1. The van der Waals surface area contributed by atoms with Crippen LogP contribution >= 0.6 is 11.8 Å². The Labute approximate surface area is 286 Å². The summed E-state index contributed by atoms with van der Waals surface area (Å²) in [5.41, 5.74) is 1.32. The number of allylic oxidation sites excluding steroid dienone is 4. The number of rotatable bonds is 13. The maximum absolute atomic E-state index is 14.0. The van der Waals surface area contributed by atoms with E-state index in [1.807, 2.05) is 31.4 Å². The van der Waals surface area contributed by atoms with Gasteiger partial charge >= 0.3 is 12.1 Å². The van der Waals surface area contributed by atoms with Crippen molar-refractivity contribution >= 4 is 17.7 Å². The number of aromatic nitrogens is 2. The number of benzene rings is 2. The van der Waals surface area contributed by atoms with Crippen molar-refractivity contribution < 1.29 is 41.3 Å². The molecule has 0 spiro atoms. The van der Waals surface area contributed by atoms with Gasteiger partial charge in [0.2, 0.25) is 0 Å². The van der Waals surface area contributed by atoms with Gasteiger partial charge < -0.3 is 14.6 Å². The highest BCUT2D eigenvalue weighted by molar-refractivity contribution is 7.98. The molecule has 0 amide bonds. The molecule has 1 heterocycles. The number of aliphatic hydroxyl groups is 1. The highest BCUT2D eigenvalue weighted by Gasteiger charge is 2.52. The summed E-state index contributed by atoms with van der Waals surface area (Å²) in [6.07, 6.45) is -0.855. The fourth-order valence-corrected chi connectivity index (χ4v) is 6.02. The molecule has 1 aromatic heterocycles. The van der Waals surface area contributed by atoms with Crippen LogP contribution in [-0.2, 0) is 11.3 Å². The summed E-state index contributed by atoms with van der Waals surface area (Å²) in [6.45, 7) is 5.69. The highest BCUT2D eigenvalue weighted by atomic mass is 32.2. The molecule has 0 bridgehead atoms. The Balaban J connectivity index is 1.75. The first-order valence-corrected chi connectivity index (χ1v) is 16.4. The molecule has 262 valence electrons. The lowest BCUT2D eigenvalue weighted by Gasteiger charge is -2.32. The number of nitrogens with zero attached hydrogens (tertiary/aromatic N) is 3. The van der Waals surface area contributed by atoms with Crippen LogP contribution in [0.15, 0.2) is 83.7 Å². The van der Waals surface area contributed by atoms with E-state index in [9.17, 15) is 31.9 Å². The van der Waals surface area contributed by atoms with Gasteiger partial charge in [0.25, 0.3) is 5.92 Å². The number of likely N-dealkylation sites (N-methyl/N-ethyl adjacent to an activating group) is 1. The summed E-state index contributed by atoms with van der Waals surface area (Å²) in [5.74, 6) is -3.49. The second kappa shape index (κ2) is 14.8. The molecule has 1 aliphatic rings. The second-order valence-electron chi connectivity index (χ2n) is 11.9. The Morgan fingerprint density at radius 2 is 1.80 bits per heavy atom. The number of carbonyl (C=O) groups excluding carboxylic acids is 1. The predicted molar refractivity (Wildman–Crippen MR) is 180 cm³/mol. The van der Waals surface area contributed by atoms with Crippen molar-refractivity contribution in [3.8, 4) is 28.0 Å². The van der Waals surface area contributed by atoms with Crippen molar-refractivity contribution in [2.75, 3.05) is 27.5 Å². The number of alkyl halides is 5. The van der Waals surface area contributed by atoms with Gasteiger partial charge in [0.15, 0.2) is 5.16 Å². The van der Waals surface area contributed by atoms with Crippen LogP contribution < -0.4 is 4.74 Å². The zero-order valence-corrected chi connectivity index (χ0v) is 28.8. The molecule has 49 heavy (non-hydrogen) atoms. The summed E-state index contributed by atoms with van der Waals surface area (Å²) in [6, 6.07) is 10.8. The van der Waals surface area contributed by atoms with Crippen LogP contribution in [0.5, 0.6) is 5.75 Å². The Morgan fingerprint density at radius 3 is 2.33 bits per heavy atom. The van der Waals surface area contributed by atoms with Crippen molar-refractivity contribution in [1.29, 1.82) is 0 Å². The zero-order chi connectivity index (χ0) is 36.3. The molecule has 1 aliphatic carbocycles. The van der Waals surface area contributed by atoms with Gasteiger partial charge in [-0.05, 0) is 86.2 Å². The molecule has 7 nitrogen and oxygen atoms in total. The smallest absolute Gasteiger partial charge is 0.416 e. The maximum atomic E-state index is 14.0. The molecule has 0 radical (unpaired) electrons. The minimum absolute atomic E-state index is 0.110. The monoisotopic (exact) mass is 703 g/mol. The number of aliphatic hydroxyl groups excluding tert-OH is 1. The first kappa shape index (κ1) is 37.7. The largest absolute Gasteiger partial charge is 0.496 e. The third-order valence-electron chi connectivity index (χ3n) is 8.64. The van der Waals surface area contributed by atoms with E-state index in [1.165, 1.54) is 26.0 Å². The fraction of sp³-hybridized carbons (Fsp3) is 0.361. The van der Waals surface area contributed by atoms with Crippen LogP contribution in [0.1, 0.15) is 41.4 Å². The molecule has 13 heteroatoms. The van der Waals surface area contributed by atoms with Gasteiger partial charge in [-0.15, -0.1) is 0 Å². The lowest BCUT2D eigenvalue weighted by atomic mass is 9.94. The van der Waals surface area contributed by atoms with Crippen LogP contribution in [0.2, 0.25) is 0 Å². The SMILES string of the molecule is C=C/C(=C\C(=C/C(O)C1(N(C)Cc2nc(SC)ncc2-c2cc(-c3ccc(C(=O)OC)cc3C)ccc2OC)CC1)C(F)(F)F)C(C)(F)F. The lowest BCUT2D eigenvalue weighted by molar-refractivity contribution is -0.0897. The molecule has 1 N–H and O–H groups in total. The first-order chi connectivity index (χ1) is 23.0. The molecule has 1 fully saturated rings. The third-order valence-corrected chi connectivity index (χ3v) is 9.20. The third kappa shape index (κ3) is 8.39. The van der Waals surface area contributed by atoms with E-state index in [2.05, 4.69) is 11.6 Å². The van der Waals surface area contributed by atoms with E-state index in [1.54, 1.807) is 36.3 Å². The standard InChI is InChI=1S/C36H38F5N3O4S/c1-8-24(34(3,37)38)17-25(36(39,40)41)18-31(45)35(13-14-35)44(4)20-29-28(19-42-33(43-29)49-7)27-16-22(10-12-30(27)47-5)26-11-9-23(15-21(26)2)32(46)48-6/h8-12,15-19,31,45H,1,13-14,20H2,2-7H3/b24-17+,25-18+. The first-order valence-electron chi connectivity index (χ1n) is 15.2. The number of carbonyl (C=O) groups is 1. The zero-order valence-electron chi connectivity index (χ0n) is 28.0. The van der Waals surface area contributed by atoms with Gasteiger partial charge in [-0.25, -0.2) is 23.5 Å². The van der Waals surface area contributed by atoms with Gasteiger partial charge in [0.1, 0.15) is 5.75 Å². The van der Waals surface area contributed by atoms with E-state index in [0.717, 1.165) is 16.7 Å². The van der Waals surface area contributed by atoms with Crippen molar-refractivity contribution in [1.82, 2.24) is 14.9 Å². The molecule has 1 saturated carbocycles. The molecular weight excluding hydrogens is 665 g/mol. The number of aryl methyl sites for hydroxylation is 1. The van der Waals surface area contributed by atoms with E-state index < -0.39 is 40.9 Å². The average molecular weight is 704 g/mol. The molecule has 1 atom stereocenters. The lowest BCUT2D eigenvalue weighted by Crippen LogP contribution is -2.43. The van der Waals surface area contributed by atoms with Crippen LogP contribution in [0.3, 0.4) is 0 Å². The van der Waals surface area contributed by atoms with Crippen molar-refractivity contribution in [2.24, 2.45) is 0 Å². The Morgan fingerprint density at radius 1 is 1.10 bits per heavy atom. The number of hydrogen-bond acceptors (Lipinski definition) is 8. The number of halogens is 5. The minimum Gasteiger partial charge on any atom is -0.496 e. The van der Waals surface area contributed by atoms with E-state index in [4.69, 9.17) is 14.5 Å². The summed E-state index contributed by atoms with van der Waals surface area (Å²) in [7, 11) is 4.52. The molecular formula is C36H38F5N3O4S. The van der Waals surface area contributed by atoms with Gasteiger partial charge in [-0.1, -0.05) is 36.5 Å². The van der Waals surface area contributed by atoms with Crippen LogP contribution in [0.25, 0.3) is 22.3 Å². The number of methoxy groups -OCH3 is 2. The Hall–Kier alpha value is -4.07. The minimum atomic E-state index is -5.00. The van der Waals surface area contributed by atoms with Crippen LogP contribution in [0, 0.1) is 6.92 Å². The van der Waals surface area contributed by atoms with E-state index >= 15 is 0 Å². The molecule has 1 unspecified atom stereocenters. The van der Waals surface area contributed by atoms with E-state index in [0.29, 0.717) is 71.3 Å². The number of esters is 1. The molecule has 0 saturated heterocycles. The van der Waals surface area contributed by atoms with Crippen LogP contribution in [0.4, 0.5) is 22.0 Å². The van der Waals surface area contributed by atoms with Gasteiger partial charge in [-0.2, -0.15) is 13.2 Å². The topological polar surface area (TPSA) is 84.8 Å². The average Bonchev–Trinajstić information content (AvgIpc) is 3.87. The fourth-order valence-electron chi connectivity index (χ4n) is 5.66. The molecule has 3 aromatic rings. The summed E-state index contributed by atoms with van der Waals surface area (Å²) < 4.78 is 80.4. The molecule has 2 aromatic carbocycles. The summed E-state index contributed by atoms with van der Waals surface area (Å²) >= 11 is 1.31. The van der Waals surface area contributed by atoms with E-state index in [-0.39, 0.29) is 6.54 Å². The highest BCUT2D eigenvalue weighted by Crippen LogP contribution is 2.47. The summed E-state index contributed by atoms with van der Waals surface area (Å²) in [4.78, 5) is 23.0. The van der Waals surface area contributed by atoms with Gasteiger partial charge in [0.05, 0.1) is 42.7 Å². The molecule has 4 rings (SSSR count).